The monoisotopic (exact) mass is 1180 g/mol. The van der Waals surface area contributed by atoms with Crippen LogP contribution < -0.4 is 21.9 Å². The van der Waals surface area contributed by atoms with Crippen LogP contribution in [0.2, 0.25) is 0 Å². The lowest BCUT2D eigenvalue weighted by Crippen LogP contribution is -2.68. The van der Waals surface area contributed by atoms with E-state index in [1.165, 1.54) is 7.11 Å². The lowest BCUT2D eigenvalue weighted by Gasteiger charge is -2.49. The van der Waals surface area contributed by atoms with Crippen LogP contribution in [0, 0.1) is 17.8 Å². The zero-order valence-corrected chi connectivity index (χ0v) is 48.1. The Balaban J connectivity index is 1.18. The fraction of sp³-hybridized carbons (Fsp3) is 0.574. The van der Waals surface area contributed by atoms with Gasteiger partial charge in [-0.15, -0.1) is 0 Å². The minimum atomic E-state index is -1.68. The molecule has 0 radical (unpaired) electrons. The van der Waals surface area contributed by atoms with Gasteiger partial charge in [0.25, 0.3) is 11.5 Å². The second-order valence-corrected chi connectivity index (χ2v) is 22.0. The van der Waals surface area contributed by atoms with E-state index in [0.717, 1.165) is 49.3 Å². The molecular weight excluding hydrogens is 1100 g/mol. The predicted molar refractivity (Wildman–Crippen MR) is 305 cm³/mol. The topological polar surface area (TPSA) is 319 Å². The summed E-state index contributed by atoms with van der Waals surface area (Å²) in [6.07, 6.45) is -8.39. The minimum Gasteiger partial charge on any atom is -0.469 e. The zero-order valence-electron chi connectivity index (χ0n) is 49.1. The maximum Gasteiger partial charge on any atom is 0.335 e. The van der Waals surface area contributed by atoms with E-state index in [-0.39, 0.29) is 77.6 Å². The third-order valence-electron chi connectivity index (χ3n) is 16.1. The van der Waals surface area contributed by atoms with Crippen LogP contribution in [0.3, 0.4) is 0 Å². The van der Waals surface area contributed by atoms with Crippen LogP contribution in [0.4, 0.5) is 0 Å². The number of aromatic nitrogens is 2. The second-order valence-electron chi connectivity index (χ2n) is 22.0. The molecule has 2 saturated heterocycles. The highest BCUT2D eigenvalue weighted by Crippen LogP contribution is 2.38. The summed E-state index contributed by atoms with van der Waals surface area (Å²) < 4.78 is 72.5. The Morgan fingerprint density at radius 2 is 1.46 bits per heavy atom. The number of hydrogen-bond donors (Lipinski definition) is 5. The molecule has 4 aromatic rings. The Bertz CT molecular complexity index is 2930. The maximum atomic E-state index is 14.4. The second kappa shape index (κ2) is 32.1. The van der Waals surface area contributed by atoms with Gasteiger partial charge < -0.3 is 68.1 Å². The van der Waals surface area contributed by atoms with Crippen molar-refractivity contribution in [3.8, 4) is 0 Å². The molecule has 6 unspecified atom stereocenters. The number of nitrogens with one attached hydrogen (secondary N) is 4. The molecule has 2 saturated carbocycles. The highest BCUT2D eigenvalue weighted by Gasteiger charge is 2.53. The summed E-state index contributed by atoms with van der Waals surface area (Å²) in [6.45, 7) is 2.74. The third-order valence-corrected chi connectivity index (χ3v) is 16.1. The number of carbonyl (C=O) groups is 4. The number of H-pyrrole nitrogens is 2. The molecule has 24 heteroatoms. The Morgan fingerprint density at radius 3 is 2.09 bits per heavy atom. The largest absolute Gasteiger partial charge is 0.469 e. The molecule has 3 heterocycles. The molecular formula is C61H79N7O17. The van der Waals surface area contributed by atoms with E-state index in [2.05, 4.69) is 25.6 Å². The van der Waals surface area contributed by atoms with Crippen molar-refractivity contribution < 1.29 is 73.0 Å². The summed E-state index contributed by atoms with van der Waals surface area (Å²) >= 11 is 0. The van der Waals surface area contributed by atoms with Crippen LogP contribution in [0.25, 0.3) is 10.4 Å². The number of aliphatic hydroxyl groups excluding tert-OH is 1. The molecule has 2 aliphatic heterocycles. The number of nitrogens with zero attached hydrogens (tertiary/aromatic N) is 3. The van der Waals surface area contributed by atoms with E-state index >= 15 is 0 Å². The molecule has 0 spiro atoms. The number of ether oxygens (including phenoxy) is 10. The molecule has 460 valence electrons. The summed E-state index contributed by atoms with van der Waals surface area (Å²) in [5, 5.41) is 21.5. The first-order chi connectivity index (χ1) is 41.7. The van der Waals surface area contributed by atoms with Gasteiger partial charge in [-0.05, 0) is 61.2 Å². The molecule has 8 rings (SSSR count). The smallest absolute Gasteiger partial charge is 0.335 e. The van der Waals surface area contributed by atoms with Gasteiger partial charge in [0, 0.05) is 24.9 Å². The molecule has 15 atom stereocenters. The normalized spacial score (nSPS) is 28.4. The lowest BCUT2D eigenvalue weighted by molar-refractivity contribution is -0.308. The number of aliphatic hydroxyl groups is 1. The Morgan fingerprint density at radius 1 is 0.800 bits per heavy atom. The van der Waals surface area contributed by atoms with Crippen molar-refractivity contribution >= 4 is 23.8 Å². The first kappa shape index (κ1) is 62.7. The van der Waals surface area contributed by atoms with Crippen LogP contribution in [0.1, 0.15) is 101 Å². The molecule has 4 aliphatic rings. The first-order valence-corrected chi connectivity index (χ1v) is 29.0. The van der Waals surface area contributed by atoms with E-state index in [1.807, 2.05) is 97.7 Å². The van der Waals surface area contributed by atoms with Crippen molar-refractivity contribution in [3.05, 3.63) is 151 Å². The van der Waals surface area contributed by atoms with Gasteiger partial charge in [0.1, 0.15) is 61.5 Å². The summed E-state index contributed by atoms with van der Waals surface area (Å²) in [4.78, 5) is 88.8. The number of aromatic amines is 2. The van der Waals surface area contributed by atoms with Crippen molar-refractivity contribution in [2.75, 3.05) is 33.5 Å². The van der Waals surface area contributed by atoms with Gasteiger partial charge >= 0.3 is 17.6 Å². The van der Waals surface area contributed by atoms with Crippen LogP contribution >= 0.6 is 0 Å². The van der Waals surface area contributed by atoms with Gasteiger partial charge in [0.15, 0.2) is 12.4 Å². The summed E-state index contributed by atoms with van der Waals surface area (Å²) in [7, 11) is 1.20. The third kappa shape index (κ3) is 18.1. The SMILES string of the molecule is [3H]CCOC[C@@H]1O[C@@H](O[C@@H]2CC(C(=O)OC)CC(NC(=O)c3cc(=O)[nH]c(=O)[nH]3)[C@H]2OC[C@@H]2OC(C)[C@@H](C)C(OCc3ccccc3)[C@@H]2OCc2ccccc2)C(NC(=O)CN=[N+]=[N-])C(O[C@@H](CC2CCCCC2)C(=O)OCc2ccccc2)[C@H]1O. The summed E-state index contributed by atoms with van der Waals surface area (Å²) in [6, 6.07) is 26.5. The Labute approximate surface area is 494 Å². The molecule has 3 aromatic carbocycles. The Hall–Kier alpha value is -6.83. The Kier molecular flexibility index (Phi) is 23.6. The fourth-order valence-electron chi connectivity index (χ4n) is 11.6. The van der Waals surface area contributed by atoms with Crippen LogP contribution in [0.5, 0.6) is 0 Å². The molecule has 2 aliphatic carbocycles. The first-order valence-electron chi connectivity index (χ1n) is 29.7. The van der Waals surface area contributed by atoms with E-state index in [4.69, 9.17) is 48.7 Å². The van der Waals surface area contributed by atoms with Crippen LogP contribution in [-0.4, -0.2) is 152 Å². The van der Waals surface area contributed by atoms with E-state index in [9.17, 15) is 39.4 Å². The molecule has 5 N–H and O–H groups in total. The highest BCUT2D eigenvalue weighted by atomic mass is 16.7. The summed E-state index contributed by atoms with van der Waals surface area (Å²) in [5.41, 5.74) is 9.60. The molecule has 0 bridgehead atoms. The standard InChI is InChI=1S/C61H79N7O17/c1-5-77-34-47-52(71)56(83-46(26-38-18-10-6-11-19-38)59(74)81-33-41-24-16-9-17-25-41)51(66-50(70)30-63-68-62)60(85-47)84-45-28-42(58(73)76-4)27-43(64-57(72)44-29-49(69)67-61(75)65-44)54(45)80-35-48-55(79-32-40-22-14-8-15-23-40)53(36(2)37(3)82-48)78-31-39-20-12-7-13-21-39/h7-9,12-17,20-25,29,36-38,42-43,45-48,51-56,60,71H,5-6,10-11,18-19,26-28,30-35H2,1-4H3,(H,64,72)(H,66,70)(H2,65,67,69,75)/t36-,37?,42?,43?,45-,46+,47+,48+,51?,52+,53?,54-,55-,56?,60-/m1/s1/i1T. The van der Waals surface area contributed by atoms with Gasteiger partial charge in [0.05, 0.1) is 63.8 Å². The number of hydrogen-bond acceptors (Lipinski definition) is 18. The van der Waals surface area contributed by atoms with Gasteiger partial charge in [-0.1, -0.05) is 135 Å². The van der Waals surface area contributed by atoms with Gasteiger partial charge in [-0.25, -0.2) is 9.59 Å². The zero-order chi connectivity index (χ0) is 61.0. The van der Waals surface area contributed by atoms with Crippen molar-refractivity contribution in [2.24, 2.45) is 22.9 Å². The average molecular weight is 1180 g/mol. The van der Waals surface area contributed by atoms with Gasteiger partial charge in [-0.2, -0.15) is 0 Å². The molecule has 2 amide bonds. The van der Waals surface area contributed by atoms with Crippen molar-refractivity contribution in [1.29, 1.82) is 0 Å². The number of carbonyl (C=O) groups excluding carboxylic acids is 4. The molecule has 24 nitrogen and oxygen atoms in total. The van der Waals surface area contributed by atoms with Crippen LogP contribution in [0.15, 0.2) is 112 Å². The van der Waals surface area contributed by atoms with E-state index < -0.39 is 133 Å². The van der Waals surface area contributed by atoms with Gasteiger partial charge in [-0.3, -0.25) is 24.2 Å². The average Bonchev–Trinajstić information content (AvgIpc) is 0.992. The number of azide groups is 1. The van der Waals surface area contributed by atoms with Crippen LogP contribution in [-0.2, 0) is 81.6 Å². The van der Waals surface area contributed by atoms with Crippen molar-refractivity contribution in [2.45, 2.75) is 171 Å². The van der Waals surface area contributed by atoms with E-state index in [0.29, 0.717) is 5.56 Å². The molecule has 1 aromatic heterocycles. The highest BCUT2D eigenvalue weighted by molar-refractivity contribution is 5.92. The number of benzene rings is 3. The summed E-state index contributed by atoms with van der Waals surface area (Å²) in [5.74, 6) is -4.41. The predicted octanol–water partition coefficient (Wildman–Crippen LogP) is 5.49. The van der Waals surface area contributed by atoms with Gasteiger partial charge in [0.2, 0.25) is 5.91 Å². The quantitative estimate of drug-likeness (QED) is 0.0162. The number of esters is 2. The lowest BCUT2D eigenvalue weighted by atomic mass is 9.81. The van der Waals surface area contributed by atoms with E-state index in [1.54, 1.807) is 12.1 Å². The number of rotatable bonds is 27. The van der Waals surface area contributed by atoms with Crippen molar-refractivity contribution in [1.82, 2.24) is 20.6 Å². The fourth-order valence-corrected chi connectivity index (χ4v) is 11.6. The number of methoxy groups -OCH3 is 1. The molecule has 85 heavy (non-hydrogen) atoms. The van der Waals surface area contributed by atoms with Crippen molar-refractivity contribution in [3.63, 3.8) is 0 Å². The molecule has 4 fully saturated rings. The minimum absolute atomic E-state index is 0.0271. The number of amides is 2. The maximum absolute atomic E-state index is 14.4.